The summed E-state index contributed by atoms with van der Waals surface area (Å²) in [4.78, 5) is 7.71. The zero-order chi connectivity index (χ0) is 19.1. The van der Waals surface area contributed by atoms with Gasteiger partial charge in [0, 0.05) is 33.2 Å². The SMILES string of the molecule is COC[C@H](O)CN(Cc1ccc(F)cc1)C[C@@H]1CC(c2ccccc2)=NO1. The molecule has 27 heavy (non-hydrogen) atoms. The van der Waals surface area contributed by atoms with Crippen molar-refractivity contribution in [3.63, 3.8) is 0 Å². The molecule has 1 aliphatic heterocycles. The van der Waals surface area contributed by atoms with Crippen molar-refractivity contribution in [1.82, 2.24) is 4.90 Å². The molecule has 0 fully saturated rings. The van der Waals surface area contributed by atoms with E-state index in [4.69, 9.17) is 9.57 Å². The number of ether oxygens (including phenoxy) is 1. The lowest BCUT2D eigenvalue weighted by molar-refractivity contribution is 0.00921. The highest BCUT2D eigenvalue weighted by atomic mass is 19.1. The molecular weight excluding hydrogens is 347 g/mol. The monoisotopic (exact) mass is 372 g/mol. The normalized spacial score (nSPS) is 17.6. The highest BCUT2D eigenvalue weighted by Gasteiger charge is 2.25. The molecule has 2 atom stereocenters. The molecule has 5 nitrogen and oxygen atoms in total. The Hall–Kier alpha value is -2.28. The van der Waals surface area contributed by atoms with Gasteiger partial charge in [0.25, 0.3) is 0 Å². The van der Waals surface area contributed by atoms with Crippen molar-refractivity contribution in [3.05, 3.63) is 71.5 Å². The molecule has 0 spiro atoms. The fraction of sp³-hybridized carbons (Fsp3) is 0.381. The minimum atomic E-state index is -0.605. The van der Waals surface area contributed by atoms with Crippen LogP contribution in [0.15, 0.2) is 59.8 Å². The number of oxime groups is 1. The summed E-state index contributed by atoms with van der Waals surface area (Å²) in [6.45, 7) is 1.89. The Labute approximate surface area is 159 Å². The summed E-state index contributed by atoms with van der Waals surface area (Å²) >= 11 is 0. The Kier molecular flexibility index (Phi) is 6.92. The number of hydrogen-bond donors (Lipinski definition) is 1. The summed E-state index contributed by atoms with van der Waals surface area (Å²) in [6.07, 6.45) is 0.0198. The van der Waals surface area contributed by atoms with Gasteiger partial charge in [-0.05, 0) is 23.3 Å². The van der Waals surface area contributed by atoms with Gasteiger partial charge in [-0.25, -0.2) is 4.39 Å². The summed E-state index contributed by atoms with van der Waals surface area (Å²) in [6, 6.07) is 16.4. The third kappa shape index (κ3) is 5.85. The van der Waals surface area contributed by atoms with Crippen molar-refractivity contribution in [2.45, 2.75) is 25.2 Å². The summed E-state index contributed by atoms with van der Waals surface area (Å²) in [5, 5.41) is 14.4. The lowest BCUT2D eigenvalue weighted by atomic mass is 10.0. The Morgan fingerprint density at radius 2 is 1.96 bits per heavy atom. The molecular formula is C21H25FN2O3. The largest absolute Gasteiger partial charge is 0.390 e. The van der Waals surface area contributed by atoms with Gasteiger partial charge < -0.3 is 14.7 Å². The van der Waals surface area contributed by atoms with E-state index in [0.717, 1.165) is 16.8 Å². The molecule has 144 valence electrons. The van der Waals surface area contributed by atoms with E-state index in [1.54, 1.807) is 19.2 Å². The number of hydrogen-bond acceptors (Lipinski definition) is 5. The van der Waals surface area contributed by atoms with E-state index in [1.165, 1.54) is 12.1 Å². The number of rotatable bonds is 9. The molecule has 0 aliphatic carbocycles. The predicted octanol–water partition coefficient (Wildman–Crippen LogP) is 2.83. The van der Waals surface area contributed by atoms with Crippen LogP contribution in [0, 0.1) is 5.82 Å². The van der Waals surface area contributed by atoms with Gasteiger partial charge in [-0.3, -0.25) is 4.90 Å². The van der Waals surface area contributed by atoms with Crippen LogP contribution in [-0.4, -0.2) is 54.7 Å². The zero-order valence-electron chi connectivity index (χ0n) is 15.4. The molecule has 0 aromatic heterocycles. The summed E-state index contributed by atoms with van der Waals surface area (Å²) in [7, 11) is 1.56. The molecule has 1 N–H and O–H groups in total. The van der Waals surface area contributed by atoms with Crippen molar-refractivity contribution in [3.8, 4) is 0 Å². The number of nitrogens with zero attached hydrogens (tertiary/aromatic N) is 2. The van der Waals surface area contributed by atoms with Crippen LogP contribution in [0.4, 0.5) is 4.39 Å². The van der Waals surface area contributed by atoms with Crippen LogP contribution in [0.5, 0.6) is 0 Å². The first kappa shape index (κ1) is 19.5. The van der Waals surface area contributed by atoms with Crippen LogP contribution in [-0.2, 0) is 16.1 Å². The summed E-state index contributed by atoms with van der Waals surface area (Å²) in [5.74, 6) is -0.259. The minimum Gasteiger partial charge on any atom is -0.390 e. The molecule has 2 aromatic rings. The molecule has 0 unspecified atom stereocenters. The lowest BCUT2D eigenvalue weighted by Crippen LogP contribution is -2.39. The highest BCUT2D eigenvalue weighted by Crippen LogP contribution is 2.19. The fourth-order valence-corrected chi connectivity index (χ4v) is 3.21. The first-order chi connectivity index (χ1) is 13.1. The van der Waals surface area contributed by atoms with Crippen LogP contribution in [0.2, 0.25) is 0 Å². The lowest BCUT2D eigenvalue weighted by Gasteiger charge is -2.26. The van der Waals surface area contributed by atoms with E-state index in [0.29, 0.717) is 26.1 Å². The fourth-order valence-electron chi connectivity index (χ4n) is 3.21. The Morgan fingerprint density at radius 1 is 1.22 bits per heavy atom. The van der Waals surface area contributed by atoms with Gasteiger partial charge in [0.05, 0.1) is 18.4 Å². The molecule has 0 amide bonds. The van der Waals surface area contributed by atoms with E-state index in [2.05, 4.69) is 10.1 Å². The maximum Gasteiger partial charge on any atom is 0.145 e. The maximum atomic E-state index is 13.2. The van der Waals surface area contributed by atoms with Crippen molar-refractivity contribution >= 4 is 5.71 Å². The van der Waals surface area contributed by atoms with E-state index in [9.17, 15) is 9.50 Å². The topological polar surface area (TPSA) is 54.3 Å². The van der Waals surface area contributed by atoms with Gasteiger partial charge in [-0.1, -0.05) is 47.6 Å². The van der Waals surface area contributed by atoms with Crippen molar-refractivity contribution < 1.29 is 19.1 Å². The van der Waals surface area contributed by atoms with Gasteiger partial charge in [-0.2, -0.15) is 0 Å². The van der Waals surface area contributed by atoms with Crippen molar-refractivity contribution in [2.24, 2.45) is 5.16 Å². The first-order valence-corrected chi connectivity index (χ1v) is 9.06. The highest BCUT2D eigenvalue weighted by molar-refractivity contribution is 6.01. The van der Waals surface area contributed by atoms with Crippen LogP contribution in [0.1, 0.15) is 17.5 Å². The average Bonchev–Trinajstić information content (AvgIpc) is 3.13. The van der Waals surface area contributed by atoms with Crippen LogP contribution >= 0.6 is 0 Å². The quantitative estimate of drug-likeness (QED) is 0.735. The smallest absolute Gasteiger partial charge is 0.145 e. The van der Waals surface area contributed by atoms with Crippen LogP contribution in [0.25, 0.3) is 0 Å². The number of benzene rings is 2. The Morgan fingerprint density at radius 3 is 2.67 bits per heavy atom. The summed E-state index contributed by atoms with van der Waals surface area (Å²) < 4.78 is 18.2. The Bertz CT molecular complexity index is 737. The standard InChI is InChI=1S/C21H25FN2O3/c1-26-15-19(25)13-24(12-16-7-9-18(22)10-8-16)14-20-11-21(23-27-20)17-5-3-2-4-6-17/h2-10,19-20,25H,11-15H2,1H3/t19-,20+/m1/s1. The number of aliphatic hydroxyl groups is 1. The van der Waals surface area contributed by atoms with Gasteiger partial charge in [0.15, 0.2) is 0 Å². The number of aliphatic hydroxyl groups excluding tert-OH is 1. The molecule has 0 bridgehead atoms. The molecule has 6 heteroatoms. The second-order valence-corrected chi connectivity index (χ2v) is 6.77. The summed E-state index contributed by atoms with van der Waals surface area (Å²) in [5.41, 5.74) is 2.97. The van der Waals surface area contributed by atoms with E-state index >= 15 is 0 Å². The minimum absolute atomic E-state index is 0.0876. The number of methoxy groups -OCH3 is 1. The van der Waals surface area contributed by atoms with Crippen LogP contribution < -0.4 is 0 Å². The molecule has 1 heterocycles. The van der Waals surface area contributed by atoms with E-state index < -0.39 is 6.10 Å². The number of halogens is 1. The molecule has 1 aliphatic rings. The van der Waals surface area contributed by atoms with Gasteiger partial charge in [0.2, 0.25) is 0 Å². The van der Waals surface area contributed by atoms with Gasteiger partial charge in [-0.15, -0.1) is 0 Å². The van der Waals surface area contributed by atoms with E-state index in [-0.39, 0.29) is 18.5 Å². The third-order valence-electron chi connectivity index (χ3n) is 4.45. The van der Waals surface area contributed by atoms with Crippen molar-refractivity contribution in [1.29, 1.82) is 0 Å². The van der Waals surface area contributed by atoms with Crippen molar-refractivity contribution in [2.75, 3.05) is 26.8 Å². The molecule has 0 saturated heterocycles. The molecule has 0 saturated carbocycles. The maximum absolute atomic E-state index is 13.2. The zero-order valence-corrected chi connectivity index (χ0v) is 15.4. The van der Waals surface area contributed by atoms with E-state index in [1.807, 2.05) is 30.3 Å². The second-order valence-electron chi connectivity index (χ2n) is 6.77. The average molecular weight is 372 g/mol. The second kappa shape index (κ2) is 9.60. The van der Waals surface area contributed by atoms with Gasteiger partial charge in [0.1, 0.15) is 11.9 Å². The first-order valence-electron chi connectivity index (χ1n) is 9.06. The molecule has 3 rings (SSSR count). The molecule has 2 aromatic carbocycles. The van der Waals surface area contributed by atoms with Crippen LogP contribution in [0.3, 0.4) is 0 Å². The Balaban J connectivity index is 1.61. The van der Waals surface area contributed by atoms with Gasteiger partial charge >= 0.3 is 0 Å². The predicted molar refractivity (Wildman–Crippen MR) is 102 cm³/mol. The molecule has 0 radical (unpaired) electrons. The third-order valence-corrected chi connectivity index (χ3v) is 4.45.